The summed E-state index contributed by atoms with van der Waals surface area (Å²) < 4.78 is 39.7. The van der Waals surface area contributed by atoms with E-state index in [1.807, 2.05) is 0 Å². The molecular formula is C16H18ClF3N4OS. The minimum atomic E-state index is -4.41. The summed E-state index contributed by atoms with van der Waals surface area (Å²) in [5, 5.41) is 10.0. The van der Waals surface area contributed by atoms with Gasteiger partial charge in [-0.05, 0) is 18.2 Å². The summed E-state index contributed by atoms with van der Waals surface area (Å²) in [5.74, 6) is 1.78. The molecule has 1 amide bonds. The third-order valence-corrected chi connectivity index (χ3v) is 4.87. The van der Waals surface area contributed by atoms with Gasteiger partial charge >= 0.3 is 6.18 Å². The summed E-state index contributed by atoms with van der Waals surface area (Å²) in [6.45, 7) is 0.885. The Morgan fingerprint density at radius 1 is 1.42 bits per heavy atom. The fourth-order valence-corrected chi connectivity index (χ4v) is 3.49. The van der Waals surface area contributed by atoms with E-state index in [0.717, 1.165) is 30.2 Å². The number of rotatable bonds is 4. The van der Waals surface area contributed by atoms with Gasteiger partial charge in [0.2, 0.25) is 5.91 Å². The molecule has 1 unspecified atom stereocenters. The van der Waals surface area contributed by atoms with E-state index in [0.29, 0.717) is 12.1 Å². The quantitative estimate of drug-likeness (QED) is 0.817. The fourth-order valence-electron chi connectivity index (χ4n) is 2.54. The molecule has 1 atom stereocenters. The normalized spacial score (nSPS) is 17.4. The van der Waals surface area contributed by atoms with Gasteiger partial charge in [-0.25, -0.2) is 4.68 Å². The van der Waals surface area contributed by atoms with Gasteiger partial charge in [-0.2, -0.15) is 30.0 Å². The van der Waals surface area contributed by atoms with Gasteiger partial charge in [-0.3, -0.25) is 4.79 Å². The van der Waals surface area contributed by atoms with Crippen molar-refractivity contribution in [3.8, 4) is 5.69 Å². The average molecular weight is 407 g/mol. The Morgan fingerprint density at radius 2 is 2.23 bits per heavy atom. The smallest absolute Gasteiger partial charge is 0.323 e. The molecule has 142 valence electrons. The number of benzene rings is 1. The highest BCUT2D eigenvalue weighted by Gasteiger charge is 2.30. The maximum absolute atomic E-state index is 12.8. The summed E-state index contributed by atoms with van der Waals surface area (Å²) in [6, 6.07) is 5.01. The minimum Gasteiger partial charge on any atom is -0.323 e. The van der Waals surface area contributed by atoms with Crippen LogP contribution in [0.4, 0.5) is 18.9 Å². The molecule has 0 radical (unpaired) electrons. The van der Waals surface area contributed by atoms with Gasteiger partial charge in [0.1, 0.15) is 0 Å². The maximum atomic E-state index is 12.8. The zero-order valence-corrected chi connectivity index (χ0v) is 15.3. The Kier molecular flexibility index (Phi) is 6.96. The summed E-state index contributed by atoms with van der Waals surface area (Å²) in [4.78, 5) is 12.1. The maximum Gasteiger partial charge on any atom is 0.416 e. The van der Waals surface area contributed by atoms with Crippen molar-refractivity contribution in [3.63, 3.8) is 0 Å². The van der Waals surface area contributed by atoms with Crippen LogP contribution in [-0.4, -0.2) is 39.8 Å². The molecule has 0 aliphatic carbocycles. The van der Waals surface area contributed by atoms with Gasteiger partial charge in [-0.1, -0.05) is 6.07 Å². The summed E-state index contributed by atoms with van der Waals surface area (Å²) in [5.41, 5.74) is -0.0153. The zero-order valence-electron chi connectivity index (χ0n) is 13.6. The van der Waals surface area contributed by atoms with Crippen LogP contribution in [0.15, 0.2) is 36.7 Å². The van der Waals surface area contributed by atoms with E-state index in [1.54, 1.807) is 11.8 Å². The highest BCUT2D eigenvalue weighted by molar-refractivity contribution is 7.99. The SMILES string of the molecule is Cl.O=C(CC1CSCCN1)Nc1cnn(-c2cccc(C(F)(F)F)c2)c1. The molecule has 1 aromatic carbocycles. The van der Waals surface area contributed by atoms with Crippen molar-refractivity contribution < 1.29 is 18.0 Å². The Bertz CT molecular complexity index is 747. The number of carbonyl (C=O) groups is 1. The Balaban J connectivity index is 0.00000243. The number of halogens is 4. The first-order chi connectivity index (χ1) is 11.9. The number of thioether (sulfide) groups is 1. The molecule has 1 aliphatic heterocycles. The monoisotopic (exact) mass is 406 g/mol. The van der Waals surface area contributed by atoms with Crippen molar-refractivity contribution in [1.82, 2.24) is 15.1 Å². The molecule has 26 heavy (non-hydrogen) atoms. The van der Waals surface area contributed by atoms with Crippen LogP contribution >= 0.6 is 24.2 Å². The van der Waals surface area contributed by atoms with E-state index in [2.05, 4.69) is 15.7 Å². The highest BCUT2D eigenvalue weighted by Crippen LogP contribution is 2.30. The van der Waals surface area contributed by atoms with E-state index in [4.69, 9.17) is 0 Å². The number of hydrogen-bond donors (Lipinski definition) is 2. The molecule has 0 bridgehead atoms. The van der Waals surface area contributed by atoms with Gasteiger partial charge in [0, 0.05) is 30.5 Å². The molecule has 1 fully saturated rings. The topological polar surface area (TPSA) is 59.0 Å². The van der Waals surface area contributed by atoms with Gasteiger partial charge < -0.3 is 10.6 Å². The standard InChI is InChI=1S/C16H17F3N4OS.ClH/c17-16(18,19)11-2-1-3-14(6-11)23-9-13(8-21-23)22-15(24)7-12-10-25-5-4-20-12;/h1-3,6,8-9,12,20H,4-5,7,10H2,(H,22,24);1H. The lowest BCUT2D eigenvalue weighted by Crippen LogP contribution is -2.39. The first-order valence-electron chi connectivity index (χ1n) is 7.75. The molecular weight excluding hydrogens is 389 g/mol. The molecule has 1 aromatic heterocycles. The van der Waals surface area contributed by atoms with Crippen molar-refractivity contribution in [2.45, 2.75) is 18.6 Å². The largest absolute Gasteiger partial charge is 0.416 e. The number of hydrogen-bond acceptors (Lipinski definition) is 4. The van der Waals surface area contributed by atoms with E-state index >= 15 is 0 Å². The van der Waals surface area contributed by atoms with Crippen LogP contribution in [0, 0.1) is 0 Å². The van der Waals surface area contributed by atoms with E-state index < -0.39 is 11.7 Å². The number of alkyl halides is 3. The van der Waals surface area contributed by atoms with E-state index in [-0.39, 0.29) is 30.0 Å². The van der Waals surface area contributed by atoms with Crippen LogP contribution < -0.4 is 10.6 Å². The van der Waals surface area contributed by atoms with Crippen molar-refractivity contribution in [2.24, 2.45) is 0 Å². The summed E-state index contributed by atoms with van der Waals surface area (Å²) in [7, 11) is 0. The Hall–Kier alpha value is -1.71. The van der Waals surface area contributed by atoms with Gasteiger partial charge in [0.05, 0.1) is 29.3 Å². The molecule has 3 rings (SSSR count). The number of aromatic nitrogens is 2. The van der Waals surface area contributed by atoms with Crippen molar-refractivity contribution in [1.29, 1.82) is 0 Å². The number of carbonyl (C=O) groups excluding carboxylic acids is 1. The third-order valence-electron chi connectivity index (χ3n) is 3.73. The second-order valence-corrected chi connectivity index (χ2v) is 6.85. The molecule has 1 saturated heterocycles. The second-order valence-electron chi connectivity index (χ2n) is 5.70. The second kappa shape index (κ2) is 8.79. The number of nitrogens with zero attached hydrogens (tertiary/aromatic N) is 2. The summed E-state index contributed by atoms with van der Waals surface area (Å²) >= 11 is 1.81. The van der Waals surface area contributed by atoms with Crippen LogP contribution in [0.25, 0.3) is 5.69 Å². The first-order valence-corrected chi connectivity index (χ1v) is 8.90. The Morgan fingerprint density at radius 3 is 2.92 bits per heavy atom. The van der Waals surface area contributed by atoms with Crippen LogP contribution in [0.5, 0.6) is 0 Å². The predicted octanol–water partition coefficient (Wildman–Crippen LogP) is 3.35. The molecule has 5 nitrogen and oxygen atoms in total. The fraction of sp³-hybridized carbons (Fsp3) is 0.375. The lowest BCUT2D eigenvalue weighted by atomic mass is 10.2. The molecule has 2 aromatic rings. The van der Waals surface area contributed by atoms with Crippen LogP contribution in [0.3, 0.4) is 0 Å². The van der Waals surface area contributed by atoms with Crippen molar-refractivity contribution in [2.75, 3.05) is 23.4 Å². The lowest BCUT2D eigenvalue weighted by molar-refractivity contribution is -0.137. The zero-order chi connectivity index (χ0) is 17.9. The van der Waals surface area contributed by atoms with Gasteiger partial charge in [-0.15, -0.1) is 12.4 Å². The number of amides is 1. The lowest BCUT2D eigenvalue weighted by Gasteiger charge is -2.22. The average Bonchev–Trinajstić information content (AvgIpc) is 3.03. The van der Waals surface area contributed by atoms with Crippen LogP contribution in [-0.2, 0) is 11.0 Å². The predicted molar refractivity (Wildman–Crippen MR) is 98.2 cm³/mol. The number of anilines is 1. The van der Waals surface area contributed by atoms with E-state index in [1.165, 1.54) is 29.2 Å². The first kappa shape index (κ1) is 20.6. The Labute approximate surface area is 159 Å². The number of nitrogens with one attached hydrogen (secondary N) is 2. The van der Waals surface area contributed by atoms with Crippen LogP contribution in [0.1, 0.15) is 12.0 Å². The molecule has 2 N–H and O–H groups in total. The van der Waals surface area contributed by atoms with E-state index in [9.17, 15) is 18.0 Å². The van der Waals surface area contributed by atoms with Crippen molar-refractivity contribution >= 4 is 35.8 Å². The molecule has 2 heterocycles. The molecule has 0 spiro atoms. The molecule has 1 aliphatic rings. The molecule has 0 saturated carbocycles. The van der Waals surface area contributed by atoms with Crippen LogP contribution in [0.2, 0.25) is 0 Å². The minimum absolute atomic E-state index is 0. The highest BCUT2D eigenvalue weighted by atomic mass is 35.5. The summed E-state index contributed by atoms with van der Waals surface area (Å²) in [6.07, 6.45) is -1.15. The molecule has 10 heteroatoms. The van der Waals surface area contributed by atoms with Gasteiger partial charge in [0.15, 0.2) is 0 Å². The third kappa shape index (κ3) is 5.39. The van der Waals surface area contributed by atoms with Gasteiger partial charge in [0.25, 0.3) is 0 Å². The van der Waals surface area contributed by atoms with Crippen molar-refractivity contribution in [3.05, 3.63) is 42.2 Å².